The van der Waals surface area contributed by atoms with Crippen LogP contribution in [-0.2, 0) is 9.53 Å². The van der Waals surface area contributed by atoms with E-state index in [2.05, 4.69) is 5.32 Å². The van der Waals surface area contributed by atoms with Gasteiger partial charge in [-0.15, -0.1) is 0 Å². The number of amides is 2. The van der Waals surface area contributed by atoms with Gasteiger partial charge in [0.2, 0.25) is 5.91 Å². The number of rotatable bonds is 5. The van der Waals surface area contributed by atoms with Gasteiger partial charge in [-0.2, -0.15) is 0 Å². The van der Waals surface area contributed by atoms with Crippen molar-refractivity contribution in [3.8, 4) is 0 Å². The Bertz CT molecular complexity index is 909. The minimum Gasteiger partial charge on any atom is -0.383 e. The number of nitrogens with zero attached hydrogens (tertiary/aromatic N) is 1. The third-order valence-electron chi connectivity index (χ3n) is 5.60. The number of nitrogens with one attached hydrogen (secondary N) is 1. The van der Waals surface area contributed by atoms with Gasteiger partial charge in [0.25, 0.3) is 5.91 Å². The summed E-state index contributed by atoms with van der Waals surface area (Å²) in [6, 6.07) is 13.5. The lowest BCUT2D eigenvalue weighted by molar-refractivity contribution is -0.120. The second-order valence-corrected chi connectivity index (χ2v) is 8.64. The zero-order valence-corrected chi connectivity index (χ0v) is 17.5. The smallest absolute Gasteiger partial charge is 0.259 e. The molecule has 0 saturated heterocycles. The summed E-state index contributed by atoms with van der Waals surface area (Å²) in [5, 5.41) is 3.09. The summed E-state index contributed by atoms with van der Waals surface area (Å²) in [6.45, 7) is 0.934. The van der Waals surface area contributed by atoms with E-state index >= 15 is 0 Å². The van der Waals surface area contributed by atoms with E-state index in [1.807, 2.05) is 42.5 Å². The van der Waals surface area contributed by atoms with Crippen molar-refractivity contribution in [2.24, 2.45) is 5.92 Å². The molecule has 2 aliphatic rings. The lowest BCUT2D eigenvalue weighted by atomic mass is 9.88. The fourth-order valence-electron chi connectivity index (χ4n) is 4.02. The second-order valence-electron chi connectivity index (χ2n) is 7.55. The number of fused-ring (bicyclic) bond motifs is 2. The Balaban J connectivity index is 1.64. The lowest BCUT2D eigenvalue weighted by Crippen LogP contribution is -2.33. The highest BCUT2D eigenvalue weighted by molar-refractivity contribution is 7.99. The summed E-state index contributed by atoms with van der Waals surface area (Å²) in [5.41, 5.74) is 2.33. The van der Waals surface area contributed by atoms with Crippen LogP contribution in [0.5, 0.6) is 0 Å². The molecule has 1 heterocycles. The number of carbonyl (C=O) groups is 2. The standard InChI is InChI=1S/C23H26N2O3S/c1-28-14-13-25-19-12-11-17(24-22(26)16-7-3-2-4-8-16)15-21(19)29-20-10-6-5-9-18(20)23(25)27/h5-6,9-12,15-16H,2-4,7-8,13-14H2,1H3,(H,24,26). The molecule has 1 aliphatic carbocycles. The van der Waals surface area contributed by atoms with Crippen molar-refractivity contribution in [1.29, 1.82) is 0 Å². The number of hydrogen-bond acceptors (Lipinski definition) is 4. The number of ether oxygens (including phenoxy) is 1. The quantitative estimate of drug-likeness (QED) is 0.757. The van der Waals surface area contributed by atoms with Crippen LogP contribution in [0, 0.1) is 5.92 Å². The van der Waals surface area contributed by atoms with E-state index in [9.17, 15) is 9.59 Å². The molecule has 1 aliphatic heterocycles. The highest BCUT2D eigenvalue weighted by atomic mass is 32.2. The molecule has 5 nitrogen and oxygen atoms in total. The van der Waals surface area contributed by atoms with E-state index in [0.29, 0.717) is 18.7 Å². The molecule has 1 saturated carbocycles. The van der Waals surface area contributed by atoms with E-state index in [4.69, 9.17) is 4.74 Å². The Kier molecular flexibility index (Phi) is 6.21. The zero-order chi connectivity index (χ0) is 20.2. The Morgan fingerprint density at radius 1 is 1.14 bits per heavy atom. The van der Waals surface area contributed by atoms with Crippen LogP contribution in [0.25, 0.3) is 0 Å². The van der Waals surface area contributed by atoms with Crippen molar-refractivity contribution in [2.75, 3.05) is 30.5 Å². The number of methoxy groups -OCH3 is 1. The van der Waals surface area contributed by atoms with Crippen LogP contribution in [0.3, 0.4) is 0 Å². The van der Waals surface area contributed by atoms with Gasteiger partial charge in [-0.05, 0) is 43.2 Å². The van der Waals surface area contributed by atoms with Crippen LogP contribution in [-0.4, -0.2) is 32.1 Å². The summed E-state index contributed by atoms with van der Waals surface area (Å²) in [6.07, 6.45) is 5.43. The molecular formula is C23H26N2O3S. The molecule has 6 heteroatoms. The Labute approximate surface area is 175 Å². The SMILES string of the molecule is COCCN1C(=O)c2ccccc2Sc2cc(NC(=O)C3CCCCC3)ccc21. The normalized spacial score (nSPS) is 16.7. The molecule has 152 valence electrons. The van der Waals surface area contributed by atoms with Gasteiger partial charge in [0, 0.05) is 35.1 Å². The highest BCUT2D eigenvalue weighted by Crippen LogP contribution is 2.42. The van der Waals surface area contributed by atoms with E-state index in [1.54, 1.807) is 23.8 Å². The van der Waals surface area contributed by atoms with Crippen molar-refractivity contribution < 1.29 is 14.3 Å². The Morgan fingerprint density at radius 3 is 2.72 bits per heavy atom. The second kappa shape index (κ2) is 9.01. The molecule has 1 N–H and O–H groups in total. The van der Waals surface area contributed by atoms with Crippen molar-refractivity contribution in [1.82, 2.24) is 0 Å². The Hall–Kier alpha value is -2.31. The first-order valence-electron chi connectivity index (χ1n) is 10.2. The molecule has 0 unspecified atom stereocenters. The molecule has 2 aromatic rings. The predicted molar refractivity (Wildman–Crippen MR) is 116 cm³/mol. The van der Waals surface area contributed by atoms with Gasteiger partial charge < -0.3 is 15.0 Å². The van der Waals surface area contributed by atoms with Crippen LogP contribution >= 0.6 is 11.8 Å². The fraction of sp³-hybridized carbons (Fsp3) is 0.391. The molecule has 29 heavy (non-hydrogen) atoms. The molecule has 0 spiro atoms. The van der Waals surface area contributed by atoms with E-state index < -0.39 is 0 Å². The summed E-state index contributed by atoms with van der Waals surface area (Å²) in [5.74, 6) is 0.189. The van der Waals surface area contributed by atoms with E-state index in [0.717, 1.165) is 46.8 Å². The van der Waals surface area contributed by atoms with Crippen LogP contribution in [0.4, 0.5) is 11.4 Å². The maximum atomic E-state index is 13.2. The lowest BCUT2D eigenvalue weighted by Gasteiger charge is -2.24. The number of carbonyl (C=O) groups excluding carboxylic acids is 2. The van der Waals surface area contributed by atoms with Gasteiger partial charge in [0.1, 0.15) is 0 Å². The third kappa shape index (κ3) is 4.33. The minimum atomic E-state index is -0.0251. The molecular weight excluding hydrogens is 384 g/mol. The molecule has 2 amide bonds. The summed E-state index contributed by atoms with van der Waals surface area (Å²) in [7, 11) is 1.63. The minimum absolute atomic E-state index is 0.0251. The fourth-order valence-corrected chi connectivity index (χ4v) is 5.13. The molecule has 0 atom stereocenters. The molecule has 0 bridgehead atoms. The van der Waals surface area contributed by atoms with Crippen molar-refractivity contribution >= 4 is 35.0 Å². The average molecular weight is 411 g/mol. The number of hydrogen-bond donors (Lipinski definition) is 1. The summed E-state index contributed by atoms with van der Waals surface area (Å²) < 4.78 is 5.22. The van der Waals surface area contributed by atoms with Crippen LogP contribution in [0.15, 0.2) is 52.3 Å². The van der Waals surface area contributed by atoms with Gasteiger partial charge in [-0.1, -0.05) is 43.2 Å². The molecule has 0 aromatic heterocycles. The molecule has 4 rings (SSSR count). The number of anilines is 2. The first-order valence-corrected chi connectivity index (χ1v) is 11.0. The van der Waals surface area contributed by atoms with Gasteiger partial charge in [0.15, 0.2) is 0 Å². The van der Waals surface area contributed by atoms with Crippen LogP contribution in [0.1, 0.15) is 42.5 Å². The third-order valence-corrected chi connectivity index (χ3v) is 6.72. The van der Waals surface area contributed by atoms with E-state index in [1.165, 1.54) is 6.42 Å². The van der Waals surface area contributed by atoms with Crippen LogP contribution < -0.4 is 10.2 Å². The predicted octanol–water partition coefficient (Wildman–Crippen LogP) is 4.96. The van der Waals surface area contributed by atoms with Crippen molar-refractivity contribution in [3.63, 3.8) is 0 Å². The topological polar surface area (TPSA) is 58.6 Å². The van der Waals surface area contributed by atoms with Crippen molar-refractivity contribution in [2.45, 2.75) is 41.9 Å². The van der Waals surface area contributed by atoms with Crippen LogP contribution in [0.2, 0.25) is 0 Å². The largest absolute Gasteiger partial charge is 0.383 e. The van der Waals surface area contributed by atoms with Gasteiger partial charge in [0.05, 0.1) is 17.9 Å². The Morgan fingerprint density at radius 2 is 1.93 bits per heavy atom. The maximum Gasteiger partial charge on any atom is 0.259 e. The molecule has 1 fully saturated rings. The van der Waals surface area contributed by atoms with Gasteiger partial charge >= 0.3 is 0 Å². The zero-order valence-electron chi connectivity index (χ0n) is 16.6. The van der Waals surface area contributed by atoms with Gasteiger partial charge in [-0.25, -0.2) is 0 Å². The first-order chi connectivity index (χ1) is 14.2. The summed E-state index contributed by atoms with van der Waals surface area (Å²) >= 11 is 1.57. The monoisotopic (exact) mass is 410 g/mol. The van der Waals surface area contributed by atoms with Crippen molar-refractivity contribution in [3.05, 3.63) is 48.0 Å². The highest BCUT2D eigenvalue weighted by Gasteiger charge is 2.28. The average Bonchev–Trinajstić information content (AvgIpc) is 2.87. The summed E-state index contributed by atoms with van der Waals surface area (Å²) in [4.78, 5) is 29.5. The number of benzene rings is 2. The van der Waals surface area contributed by atoms with Gasteiger partial charge in [-0.3, -0.25) is 9.59 Å². The first kappa shape index (κ1) is 20.0. The maximum absolute atomic E-state index is 13.2. The molecule has 0 radical (unpaired) electrons. The molecule has 2 aromatic carbocycles. The van der Waals surface area contributed by atoms with E-state index in [-0.39, 0.29) is 17.7 Å².